The number of carbonyl (C=O) groups excluding carboxylic acids is 1. The van der Waals surface area contributed by atoms with Gasteiger partial charge in [-0.05, 0) is 24.6 Å². The van der Waals surface area contributed by atoms with Gasteiger partial charge in [-0.2, -0.15) is 10.5 Å². The highest BCUT2D eigenvalue weighted by atomic mass is 32.2. The highest BCUT2D eigenvalue weighted by molar-refractivity contribution is 8.00. The summed E-state index contributed by atoms with van der Waals surface area (Å²) in [6.07, 6.45) is 0. The second-order valence-electron chi connectivity index (χ2n) is 7.20. The monoisotopic (exact) mass is 441 g/mol. The van der Waals surface area contributed by atoms with E-state index < -0.39 is 22.0 Å². The molecule has 0 aliphatic heterocycles. The summed E-state index contributed by atoms with van der Waals surface area (Å²) in [6, 6.07) is 26.0. The van der Waals surface area contributed by atoms with Crippen molar-refractivity contribution in [2.75, 3.05) is 0 Å². The molecule has 3 rings (SSSR count). The summed E-state index contributed by atoms with van der Waals surface area (Å²) in [5, 5.41) is 29.9. The number of ketones is 1. The number of nitro benzene ring substituents is 1. The number of thioether (sulfide) groups is 1. The fraction of sp³-hybridized carbons (Fsp3) is 0.160. The number of nitro groups is 1. The minimum atomic E-state index is -1.17. The molecule has 0 aliphatic carbocycles. The van der Waals surface area contributed by atoms with E-state index in [9.17, 15) is 25.4 Å². The molecular formula is C25H19N3O3S. The number of carbonyl (C=O) groups is 1. The SMILES string of the molecule is Cc1ccc(SC(C(=O)c2ccccc2)C(c2cccc([N+](=O)[O-])c2)C(C#N)C#N)cc1. The first-order valence-electron chi connectivity index (χ1n) is 9.80. The average molecular weight is 442 g/mol. The topological polar surface area (TPSA) is 108 Å². The Morgan fingerprint density at radius 1 is 0.969 bits per heavy atom. The van der Waals surface area contributed by atoms with E-state index in [-0.39, 0.29) is 11.5 Å². The number of Topliss-reactive ketones (excluding diaryl/α,β-unsaturated/α-hetero) is 1. The molecule has 32 heavy (non-hydrogen) atoms. The maximum Gasteiger partial charge on any atom is 0.269 e. The Labute approximate surface area is 190 Å². The van der Waals surface area contributed by atoms with Gasteiger partial charge in [0.15, 0.2) is 5.78 Å². The lowest BCUT2D eigenvalue weighted by Gasteiger charge is -2.27. The fourth-order valence-electron chi connectivity index (χ4n) is 3.40. The molecular weight excluding hydrogens is 422 g/mol. The van der Waals surface area contributed by atoms with Gasteiger partial charge in [0.2, 0.25) is 0 Å². The van der Waals surface area contributed by atoms with Crippen molar-refractivity contribution in [2.45, 2.75) is 23.0 Å². The van der Waals surface area contributed by atoms with Crippen LogP contribution in [-0.2, 0) is 0 Å². The minimum absolute atomic E-state index is 0.159. The molecule has 0 N–H and O–H groups in total. The normalized spacial score (nSPS) is 12.4. The Morgan fingerprint density at radius 2 is 1.62 bits per heavy atom. The average Bonchev–Trinajstić information content (AvgIpc) is 2.82. The predicted molar refractivity (Wildman–Crippen MR) is 122 cm³/mol. The molecule has 0 heterocycles. The molecule has 0 radical (unpaired) electrons. The summed E-state index contributed by atoms with van der Waals surface area (Å²) >= 11 is 1.26. The van der Waals surface area contributed by atoms with Gasteiger partial charge in [0.25, 0.3) is 5.69 Å². The molecule has 0 saturated carbocycles. The third kappa shape index (κ3) is 5.21. The summed E-state index contributed by atoms with van der Waals surface area (Å²) in [4.78, 5) is 25.2. The van der Waals surface area contributed by atoms with Crippen molar-refractivity contribution < 1.29 is 9.72 Å². The Balaban J connectivity index is 2.16. The summed E-state index contributed by atoms with van der Waals surface area (Å²) in [5.41, 5.74) is 1.75. The third-order valence-electron chi connectivity index (χ3n) is 5.03. The van der Waals surface area contributed by atoms with Gasteiger partial charge in [0.1, 0.15) is 5.92 Å². The minimum Gasteiger partial charge on any atom is -0.293 e. The van der Waals surface area contributed by atoms with Crippen LogP contribution in [0.3, 0.4) is 0 Å². The molecule has 2 atom stereocenters. The Morgan fingerprint density at radius 3 is 2.22 bits per heavy atom. The van der Waals surface area contributed by atoms with E-state index in [0.717, 1.165) is 10.5 Å². The van der Waals surface area contributed by atoms with Crippen LogP contribution in [0.4, 0.5) is 5.69 Å². The van der Waals surface area contributed by atoms with Crippen LogP contribution in [0.2, 0.25) is 0 Å². The lowest BCUT2D eigenvalue weighted by Crippen LogP contribution is -2.30. The fourth-order valence-corrected chi connectivity index (χ4v) is 4.69. The summed E-state index contributed by atoms with van der Waals surface area (Å²) in [6.45, 7) is 1.95. The molecule has 0 fully saturated rings. The van der Waals surface area contributed by atoms with E-state index in [1.165, 1.54) is 30.0 Å². The van der Waals surface area contributed by atoms with Crippen LogP contribution in [0.15, 0.2) is 83.8 Å². The molecule has 0 amide bonds. The molecule has 0 aromatic heterocycles. The zero-order chi connectivity index (χ0) is 23.1. The lowest BCUT2D eigenvalue weighted by atomic mass is 9.82. The van der Waals surface area contributed by atoms with E-state index in [4.69, 9.17) is 0 Å². The van der Waals surface area contributed by atoms with E-state index in [1.807, 2.05) is 43.3 Å². The summed E-state index contributed by atoms with van der Waals surface area (Å²) in [5.74, 6) is -2.29. The van der Waals surface area contributed by atoms with Gasteiger partial charge in [0, 0.05) is 28.5 Å². The molecule has 6 nitrogen and oxygen atoms in total. The van der Waals surface area contributed by atoms with Crippen molar-refractivity contribution >= 4 is 23.2 Å². The van der Waals surface area contributed by atoms with Crippen molar-refractivity contribution in [3.63, 3.8) is 0 Å². The second kappa shape index (κ2) is 10.4. The van der Waals surface area contributed by atoms with Crippen LogP contribution in [0.5, 0.6) is 0 Å². The van der Waals surface area contributed by atoms with Gasteiger partial charge in [-0.1, -0.05) is 60.2 Å². The van der Waals surface area contributed by atoms with Crippen LogP contribution >= 0.6 is 11.8 Å². The van der Waals surface area contributed by atoms with E-state index in [1.54, 1.807) is 36.4 Å². The van der Waals surface area contributed by atoms with Gasteiger partial charge in [-0.15, -0.1) is 11.8 Å². The number of rotatable bonds is 8. The van der Waals surface area contributed by atoms with Gasteiger partial charge >= 0.3 is 0 Å². The molecule has 7 heteroatoms. The number of hydrogen-bond acceptors (Lipinski definition) is 6. The van der Waals surface area contributed by atoms with Crippen molar-refractivity contribution in [1.29, 1.82) is 10.5 Å². The van der Waals surface area contributed by atoms with Gasteiger partial charge in [-0.3, -0.25) is 14.9 Å². The third-order valence-corrected chi connectivity index (χ3v) is 6.34. The highest BCUT2D eigenvalue weighted by Gasteiger charge is 2.38. The lowest BCUT2D eigenvalue weighted by molar-refractivity contribution is -0.384. The second-order valence-corrected chi connectivity index (χ2v) is 8.41. The van der Waals surface area contributed by atoms with Crippen molar-refractivity contribution in [2.24, 2.45) is 5.92 Å². The van der Waals surface area contributed by atoms with Crippen LogP contribution in [-0.4, -0.2) is 16.0 Å². The van der Waals surface area contributed by atoms with Crippen LogP contribution in [0, 0.1) is 45.6 Å². The smallest absolute Gasteiger partial charge is 0.269 e. The molecule has 0 saturated heterocycles. The van der Waals surface area contributed by atoms with Gasteiger partial charge in [-0.25, -0.2) is 0 Å². The molecule has 2 unspecified atom stereocenters. The molecule has 3 aromatic rings. The maximum atomic E-state index is 13.6. The summed E-state index contributed by atoms with van der Waals surface area (Å²) in [7, 11) is 0. The number of nitriles is 2. The van der Waals surface area contributed by atoms with E-state index in [0.29, 0.717) is 11.1 Å². The van der Waals surface area contributed by atoms with Crippen molar-refractivity contribution in [3.05, 3.63) is 106 Å². The highest BCUT2D eigenvalue weighted by Crippen LogP contribution is 2.41. The molecule has 158 valence electrons. The first-order valence-corrected chi connectivity index (χ1v) is 10.7. The zero-order valence-electron chi connectivity index (χ0n) is 17.2. The van der Waals surface area contributed by atoms with Crippen molar-refractivity contribution in [1.82, 2.24) is 0 Å². The standard InChI is InChI=1S/C25H19N3O3S/c1-17-10-12-22(13-11-17)32-25(24(29)18-6-3-2-4-7-18)23(20(15-26)16-27)19-8-5-9-21(14-19)28(30)31/h2-14,20,23,25H,1H3. The Hall–Kier alpha value is -3.94. The van der Waals surface area contributed by atoms with E-state index in [2.05, 4.69) is 0 Å². The van der Waals surface area contributed by atoms with Crippen LogP contribution in [0.25, 0.3) is 0 Å². The van der Waals surface area contributed by atoms with Crippen LogP contribution in [0.1, 0.15) is 27.4 Å². The number of non-ortho nitro benzene ring substituents is 1. The molecule has 0 bridgehead atoms. The number of nitrogens with zero attached hydrogens (tertiary/aromatic N) is 3. The van der Waals surface area contributed by atoms with Gasteiger partial charge < -0.3 is 0 Å². The van der Waals surface area contributed by atoms with Crippen molar-refractivity contribution in [3.8, 4) is 12.1 Å². The zero-order valence-corrected chi connectivity index (χ0v) is 18.0. The maximum absolute atomic E-state index is 13.6. The molecule has 3 aromatic carbocycles. The van der Waals surface area contributed by atoms with E-state index >= 15 is 0 Å². The Bertz CT molecular complexity index is 1180. The van der Waals surface area contributed by atoms with Gasteiger partial charge in [0.05, 0.1) is 22.3 Å². The Kier molecular flexibility index (Phi) is 7.38. The quantitative estimate of drug-likeness (QED) is 0.192. The largest absolute Gasteiger partial charge is 0.293 e. The predicted octanol–water partition coefficient (Wildman–Crippen LogP) is 5.69. The first kappa shape index (κ1) is 22.7. The number of aryl methyl sites for hydroxylation is 1. The number of hydrogen-bond donors (Lipinski definition) is 0. The van der Waals surface area contributed by atoms with Crippen LogP contribution < -0.4 is 0 Å². The first-order chi connectivity index (χ1) is 15.4. The summed E-state index contributed by atoms with van der Waals surface area (Å²) < 4.78 is 0. The molecule has 0 aliphatic rings. The molecule has 0 spiro atoms. The number of benzene rings is 3.